The van der Waals surface area contributed by atoms with Gasteiger partial charge in [0.2, 0.25) is 5.91 Å². The standard InChI is InChI=1S/C20H30N2O3S/c1-17-6-2-3-7-18(17)16-21-11-13-22(14-12-21)20(23)10-15-26(24,25)19-8-4-5-9-19/h2-3,6-7,19H,4-5,8-16H2,1H3. The third-order valence-electron chi connectivity index (χ3n) is 5.79. The Morgan fingerprint density at radius 2 is 1.73 bits per heavy atom. The van der Waals surface area contributed by atoms with Crippen molar-refractivity contribution in [3.63, 3.8) is 0 Å². The molecular formula is C20H30N2O3S. The molecule has 1 amide bonds. The van der Waals surface area contributed by atoms with E-state index in [2.05, 4.69) is 36.1 Å². The molecule has 0 aromatic heterocycles. The summed E-state index contributed by atoms with van der Waals surface area (Å²) in [6.45, 7) is 6.10. The van der Waals surface area contributed by atoms with Crippen LogP contribution in [0, 0.1) is 6.92 Å². The Kier molecular flexibility index (Phi) is 6.35. The minimum Gasteiger partial charge on any atom is -0.340 e. The molecule has 3 rings (SSSR count). The molecule has 2 fully saturated rings. The molecular weight excluding hydrogens is 348 g/mol. The highest BCUT2D eigenvalue weighted by Gasteiger charge is 2.30. The molecule has 26 heavy (non-hydrogen) atoms. The first-order valence-corrected chi connectivity index (χ1v) is 11.4. The van der Waals surface area contributed by atoms with Crippen LogP contribution in [0.4, 0.5) is 0 Å². The van der Waals surface area contributed by atoms with Gasteiger partial charge in [0.05, 0.1) is 11.0 Å². The molecule has 6 heteroatoms. The molecule has 1 aromatic carbocycles. The number of hydrogen-bond acceptors (Lipinski definition) is 4. The Morgan fingerprint density at radius 1 is 1.08 bits per heavy atom. The van der Waals surface area contributed by atoms with E-state index in [0.717, 1.165) is 45.3 Å². The summed E-state index contributed by atoms with van der Waals surface area (Å²) in [5, 5.41) is -0.207. The molecule has 0 bridgehead atoms. The van der Waals surface area contributed by atoms with Gasteiger partial charge in [-0.05, 0) is 30.9 Å². The molecule has 0 unspecified atom stereocenters. The fourth-order valence-electron chi connectivity index (χ4n) is 3.99. The van der Waals surface area contributed by atoms with Crippen molar-refractivity contribution in [2.75, 3.05) is 31.9 Å². The second-order valence-electron chi connectivity index (χ2n) is 7.61. The zero-order valence-corrected chi connectivity index (χ0v) is 16.5. The lowest BCUT2D eigenvalue weighted by Gasteiger charge is -2.35. The SMILES string of the molecule is Cc1ccccc1CN1CCN(C(=O)CCS(=O)(=O)C2CCCC2)CC1. The molecule has 0 N–H and O–H groups in total. The average molecular weight is 379 g/mol. The van der Waals surface area contributed by atoms with Crippen molar-refractivity contribution >= 4 is 15.7 Å². The maximum atomic E-state index is 12.4. The second-order valence-corrected chi connectivity index (χ2v) is 10.0. The minimum atomic E-state index is -3.11. The van der Waals surface area contributed by atoms with Crippen LogP contribution in [0.15, 0.2) is 24.3 Å². The molecule has 1 aliphatic heterocycles. The zero-order valence-electron chi connectivity index (χ0n) is 15.7. The van der Waals surface area contributed by atoms with Crippen molar-refractivity contribution in [2.45, 2.75) is 50.8 Å². The minimum absolute atomic E-state index is 0.0119. The summed E-state index contributed by atoms with van der Waals surface area (Å²) in [5.74, 6) is 0.00188. The maximum absolute atomic E-state index is 12.4. The first kappa shape index (κ1) is 19.4. The summed E-state index contributed by atoms with van der Waals surface area (Å²) in [6, 6.07) is 8.39. The van der Waals surface area contributed by atoms with Crippen LogP contribution in [-0.4, -0.2) is 61.3 Å². The summed E-state index contributed by atoms with van der Waals surface area (Å²) < 4.78 is 24.7. The van der Waals surface area contributed by atoms with Crippen LogP contribution >= 0.6 is 0 Å². The smallest absolute Gasteiger partial charge is 0.223 e. The quantitative estimate of drug-likeness (QED) is 0.763. The number of hydrogen-bond donors (Lipinski definition) is 0. The third kappa shape index (κ3) is 4.86. The van der Waals surface area contributed by atoms with E-state index in [-0.39, 0.29) is 23.3 Å². The van der Waals surface area contributed by atoms with Crippen LogP contribution in [0.1, 0.15) is 43.2 Å². The molecule has 1 saturated carbocycles. The number of amides is 1. The summed E-state index contributed by atoms with van der Waals surface area (Å²) in [4.78, 5) is 16.6. The van der Waals surface area contributed by atoms with Crippen molar-refractivity contribution in [1.82, 2.24) is 9.80 Å². The van der Waals surface area contributed by atoms with Gasteiger partial charge in [-0.25, -0.2) is 8.42 Å². The van der Waals surface area contributed by atoms with Crippen molar-refractivity contribution in [2.24, 2.45) is 0 Å². The number of carbonyl (C=O) groups is 1. The highest BCUT2D eigenvalue weighted by molar-refractivity contribution is 7.92. The average Bonchev–Trinajstić information content (AvgIpc) is 3.18. The van der Waals surface area contributed by atoms with Crippen LogP contribution < -0.4 is 0 Å². The molecule has 2 aliphatic rings. The fraction of sp³-hybridized carbons (Fsp3) is 0.650. The first-order valence-electron chi connectivity index (χ1n) is 9.72. The van der Waals surface area contributed by atoms with Gasteiger partial charge in [-0.3, -0.25) is 9.69 Å². The lowest BCUT2D eigenvalue weighted by molar-refractivity contribution is -0.132. The van der Waals surface area contributed by atoms with Gasteiger partial charge >= 0.3 is 0 Å². The first-order chi connectivity index (χ1) is 12.5. The molecule has 1 saturated heterocycles. The normalized spacial score (nSPS) is 19.8. The van der Waals surface area contributed by atoms with Gasteiger partial charge in [-0.15, -0.1) is 0 Å². The summed E-state index contributed by atoms with van der Waals surface area (Å²) >= 11 is 0. The summed E-state index contributed by atoms with van der Waals surface area (Å²) in [5.41, 5.74) is 2.62. The molecule has 0 spiro atoms. The van der Waals surface area contributed by atoms with Crippen molar-refractivity contribution in [1.29, 1.82) is 0 Å². The van der Waals surface area contributed by atoms with E-state index in [4.69, 9.17) is 0 Å². The van der Waals surface area contributed by atoms with Crippen molar-refractivity contribution < 1.29 is 13.2 Å². The molecule has 0 atom stereocenters. The third-order valence-corrected chi connectivity index (χ3v) is 8.05. The Morgan fingerprint density at radius 3 is 2.38 bits per heavy atom. The number of nitrogens with zero attached hydrogens (tertiary/aromatic N) is 2. The lowest BCUT2D eigenvalue weighted by Crippen LogP contribution is -2.48. The van der Waals surface area contributed by atoms with Gasteiger partial charge in [-0.2, -0.15) is 0 Å². The molecule has 1 aliphatic carbocycles. The Labute approximate surface area is 157 Å². The largest absolute Gasteiger partial charge is 0.340 e. The lowest BCUT2D eigenvalue weighted by atomic mass is 10.1. The van der Waals surface area contributed by atoms with Gasteiger partial charge in [0.1, 0.15) is 0 Å². The highest BCUT2D eigenvalue weighted by Crippen LogP contribution is 2.25. The monoisotopic (exact) mass is 378 g/mol. The van der Waals surface area contributed by atoms with Crippen LogP contribution in [0.5, 0.6) is 0 Å². The van der Waals surface area contributed by atoms with Gasteiger partial charge in [-0.1, -0.05) is 37.1 Å². The Balaban J connectivity index is 1.44. The Bertz CT molecular complexity index is 718. The number of sulfone groups is 1. The van der Waals surface area contributed by atoms with E-state index in [0.29, 0.717) is 13.1 Å². The van der Waals surface area contributed by atoms with Crippen LogP contribution in [0.25, 0.3) is 0 Å². The predicted molar refractivity (Wildman–Crippen MR) is 104 cm³/mol. The van der Waals surface area contributed by atoms with Crippen LogP contribution in [0.3, 0.4) is 0 Å². The van der Waals surface area contributed by atoms with E-state index in [1.54, 1.807) is 0 Å². The Hall–Kier alpha value is -1.40. The van der Waals surface area contributed by atoms with Crippen molar-refractivity contribution in [3.8, 4) is 0 Å². The highest BCUT2D eigenvalue weighted by atomic mass is 32.2. The molecule has 0 radical (unpaired) electrons. The molecule has 5 nitrogen and oxygen atoms in total. The number of carbonyl (C=O) groups excluding carboxylic acids is 1. The number of aryl methyl sites for hydroxylation is 1. The molecule has 1 aromatic rings. The summed E-state index contributed by atoms with van der Waals surface area (Å²) in [6.07, 6.45) is 3.68. The number of rotatable bonds is 6. The van der Waals surface area contributed by atoms with Crippen LogP contribution in [0.2, 0.25) is 0 Å². The van der Waals surface area contributed by atoms with Gasteiger partial charge in [0.15, 0.2) is 9.84 Å². The van der Waals surface area contributed by atoms with E-state index >= 15 is 0 Å². The van der Waals surface area contributed by atoms with E-state index in [9.17, 15) is 13.2 Å². The van der Waals surface area contributed by atoms with E-state index in [1.165, 1.54) is 11.1 Å². The molecule has 1 heterocycles. The number of piperazine rings is 1. The van der Waals surface area contributed by atoms with E-state index in [1.807, 2.05) is 4.90 Å². The second kappa shape index (κ2) is 8.53. The zero-order chi connectivity index (χ0) is 18.6. The van der Waals surface area contributed by atoms with Gasteiger partial charge in [0.25, 0.3) is 0 Å². The van der Waals surface area contributed by atoms with E-state index < -0.39 is 9.84 Å². The van der Waals surface area contributed by atoms with Crippen LogP contribution in [-0.2, 0) is 21.2 Å². The van der Waals surface area contributed by atoms with Gasteiger partial charge < -0.3 is 4.90 Å². The number of benzene rings is 1. The molecule has 144 valence electrons. The predicted octanol–water partition coefficient (Wildman–Crippen LogP) is 2.39. The topological polar surface area (TPSA) is 57.7 Å². The maximum Gasteiger partial charge on any atom is 0.223 e. The summed E-state index contributed by atoms with van der Waals surface area (Å²) in [7, 11) is -3.11. The van der Waals surface area contributed by atoms with Crippen molar-refractivity contribution in [3.05, 3.63) is 35.4 Å². The fourth-order valence-corrected chi connectivity index (χ4v) is 5.83. The van der Waals surface area contributed by atoms with Gasteiger partial charge in [0, 0.05) is 39.1 Å².